The molecule has 0 aromatic carbocycles. The molecule has 48 valence electrons. The van der Waals surface area contributed by atoms with Gasteiger partial charge >= 0.3 is 0 Å². The standard InChI is InChI=1S/C4H4Br2Cl2/c5-3(1-2-7)4(6)8/h1-4H. The Hall–Kier alpha value is 1.28. The zero-order chi connectivity index (χ0) is 6.57. The molecule has 0 radical (unpaired) electrons. The first-order valence-corrected chi connectivity index (χ1v) is 4.58. The largest absolute Gasteiger partial charge is 0.109 e. The van der Waals surface area contributed by atoms with E-state index in [2.05, 4.69) is 31.9 Å². The van der Waals surface area contributed by atoms with Gasteiger partial charge in [-0.3, -0.25) is 0 Å². The number of alkyl halides is 3. The molecule has 0 spiro atoms. The molecule has 0 aromatic heterocycles. The molecule has 0 heterocycles. The summed E-state index contributed by atoms with van der Waals surface area (Å²) in [4.78, 5) is 0.0988. The molecule has 4 heteroatoms. The Balaban J connectivity index is 3.47. The average Bonchev–Trinajstić information content (AvgIpc) is 1.67. The van der Waals surface area contributed by atoms with Gasteiger partial charge in [0.05, 0.1) is 4.83 Å². The van der Waals surface area contributed by atoms with E-state index in [9.17, 15) is 0 Å². The molecule has 0 nitrogen and oxygen atoms in total. The summed E-state index contributed by atoms with van der Waals surface area (Å²) in [5.41, 5.74) is 1.43. The van der Waals surface area contributed by atoms with Gasteiger partial charge in [0.2, 0.25) is 0 Å². The maximum absolute atomic E-state index is 5.57. The molecule has 8 heavy (non-hydrogen) atoms. The van der Waals surface area contributed by atoms with Crippen LogP contribution in [0.15, 0.2) is 11.6 Å². The van der Waals surface area contributed by atoms with Crippen molar-refractivity contribution in [1.82, 2.24) is 0 Å². The Morgan fingerprint density at radius 3 is 2.00 bits per heavy atom. The summed E-state index contributed by atoms with van der Waals surface area (Å²) in [6.07, 6.45) is 1.74. The lowest BCUT2D eigenvalue weighted by Gasteiger charge is -2.01. The SMILES string of the molecule is ClC=CC(Br)C(Cl)Br. The van der Waals surface area contributed by atoms with Crippen molar-refractivity contribution in [2.45, 2.75) is 9.11 Å². The number of hydrogen-bond acceptors (Lipinski definition) is 0. The van der Waals surface area contributed by atoms with E-state index in [0.29, 0.717) is 0 Å². The number of allylic oxidation sites excluding steroid dienone is 1. The highest BCUT2D eigenvalue weighted by molar-refractivity contribution is 9.12. The van der Waals surface area contributed by atoms with Gasteiger partial charge in [-0.25, -0.2) is 0 Å². The fourth-order valence-electron chi connectivity index (χ4n) is 0.153. The molecule has 0 aliphatic rings. The van der Waals surface area contributed by atoms with Gasteiger partial charge in [0.25, 0.3) is 0 Å². The maximum atomic E-state index is 5.57. The van der Waals surface area contributed by atoms with Gasteiger partial charge in [-0.2, -0.15) is 0 Å². The topological polar surface area (TPSA) is 0 Å². The second-order valence-electron chi connectivity index (χ2n) is 1.10. The Morgan fingerprint density at radius 1 is 1.38 bits per heavy atom. The molecular formula is C4H4Br2Cl2. The number of halogens is 4. The molecule has 0 N–H and O–H groups in total. The first-order valence-electron chi connectivity index (χ1n) is 1.87. The zero-order valence-electron chi connectivity index (χ0n) is 3.82. The van der Waals surface area contributed by atoms with Crippen LogP contribution in [0.3, 0.4) is 0 Å². The summed E-state index contributed by atoms with van der Waals surface area (Å²) in [5, 5.41) is 0. The average molecular weight is 283 g/mol. The molecule has 0 aromatic rings. The van der Waals surface area contributed by atoms with E-state index in [1.807, 2.05) is 0 Å². The van der Waals surface area contributed by atoms with Gasteiger partial charge in [0.15, 0.2) is 0 Å². The predicted molar refractivity (Wildman–Crippen MR) is 46.3 cm³/mol. The molecule has 0 fully saturated rings. The van der Waals surface area contributed by atoms with Crippen molar-refractivity contribution >= 4 is 55.1 Å². The van der Waals surface area contributed by atoms with Gasteiger partial charge < -0.3 is 0 Å². The van der Waals surface area contributed by atoms with Gasteiger partial charge in [-0.15, -0.1) is 11.6 Å². The summed E-state index contributed by atoms with van der Waals surface area (Å²) in [6, 6.07) is 0. The molecule has 0 rings (SSSR count). The highest BCUT2D eigenvalue weighted by Crippen LogP contribution is 2.19. The van der Waals surface area contributed by atoms with Crippen molar-refractivity contribution in [2.75, 3.05) is 0 Å². The van der Waals surface area contributed by atoms with Crippen LogP contribution in [0, 0.1) is 0 Å². The monoisotopic (exact) mass is 280 g/mol. The minimum Gasteiger partial charge on any atom is -0.109 e. The van der Waals surface area contributed by atoms with Gasteiger partial charge in [-0.05, 0) is 0 Å². The Morgan fingerprint density at radius 2 is 1.88 bits per heavy atom. The van der Waals surface area contributed by atoms with Crippen LogP contribution < -0.4 is 0 Å². The van der Waals surface area contributed by atoms with Crippen LogP contribution in [0.1, 0.15) is 0 Å². The fourth-order valence-corrected chi connectivity index (χ4v) is 0.899. The Bertz CT molecular complexity index is 82.1. The smallest absolute Gasteiger partial charge is 0.105 e. The summed E-state index contributed by atoms with van der Waals surface area (Å²) < 4.78 is -0.0995. The van der Waals surface area contributed by atoms with Gasteiger partial charge in [0.1, 0.15) is 4.29 Å². The van der Waals surface area contributed by atoms with Crippen LogP contribution in [0.5, 0.6) is 0 Å². The lowest BCUT2D eigenvalue weighted by molar-refractivity contribution is 1.24. The second-order valence-corrected chi connectivity index (χ2v) is 4.39. The second kappa shape index (κ2) is 5.10. The van der Waals surface area contributed by atoms with Crippen molar-refractivity contribution in [3.8, 4) is 0 Å². The van der Waals surface area contributed by atoms with E-state index in [0.717, 1.165) is 0 Å². The van der Waals surface area contributed by atoms with Gasteiger partial charge in [0, 0.05) is 5.54 Å². The van der Waals surface area contributed by atoms with E-state index in [4.69, 9.17) is 23.2 Å². The molecule has 0 aliphatic heterocycles. The van der Waals surface area contributed by atoms with Crippen molar-refractivity contribution in [3.63, 3.8) is 0 Å². The van der Waals surface area contributed by atoms with Crippen molar-refractivity contribution in [2.24, 2.45) is 0 Å². The molecular weight excluding hydrogens is 279 g/mol. The van der Waals surface area contributed by atoms with E-state index >= 15 is 0 Å². The highest BCUT2D eigenvalue weighted by atomic mass is 79.9. The van der Waals surface area contributed by atoms with Gasteiger partial charge in [-0.1, -0.05) is 49.5 Å². The summed E-state index contributed by atoms with van der Waals surface area (Å²) in [6.45, 7) is 0. The Labute approximate surface area is 75.5 Å². The maximum Gasteiger partial charge on any atom is 0.105 e. The minimum absolute atomic E-state index is 0.0988. The highest BCUT2D eigenvalue weighted by Gasteiger charge is 2.06. The van der Waals surface area contributed by atoms with Crippen molar-refractivity contribution in [3.05, 3.63) is 11.6 Å². The lowest BCUT2D eigenvalue weighted by Crippen LogP contribution is -2.01. The van der Waals surface area contributed by atoms with E-state index in [1.54, 1.807) is 6.08 Å². The summed E-state index contributed by atoms with van der Waals surface area (Å²) in [7, 11) is 0. The first-order chi connectivity index (χ1) is 3.68. The predicted octanol–water partition coefficient (Wildman–Crippen LogP) is 3.46. The molecule has 2 atom stereocenters. The molecule has 0 saturated carbocycles. The van der Waals surface area contributed by atoms with Crippen molar-refractivity contribution in [1.29, 1.82) is 0 Å². The van der Waals surface area contributed by atoms with Crippen LogP contribution in [-0.4, -0.2) is 9.11 Å². The molecule has 0 amide bonds. The molecule has 2 unspecified atom stereocenters. The summed E-state index contributed by atoms with van der Waals surface area (Å²) >= 11 is 17.2. The molecule has 0 aliphatic carbocycles. The normalized spacial score (nSPS) is 19.0. The third-order valence-electron chi connectivity index (χ3n) is 0.497. The quantitative estimate of drug-likeness (QED) is 0.681. The van der Waals surface area contributed by atoms with Crippen molar-refractivity contribution < 1.29 is 0 Å². The van der Waals surface area contributed by atoms with Crippen LogP contribution >= 0.6 is 55.1 Å². The summed E-state index contributed by atoms with van der Waals surface area (Å²) in [5.74, 6) is 0. The van der Waals surface area contributed by atoms with Crippen LogP contribution in [-0.2, 0) is 0 Å². The van der Waals surface area contributed by atoms with Crippen LogP contribution in [0.4, 0.5) is 0 Å². The van der Waals surface area contributed by atoms with Crippen LogP contribution in [0.25, 0.3) is 0 Å². The number of rotatable bonds is 2. The first kappa shape index (κ1) is 9.28. The minimum atomic E-state index is -0.0995. The lowest BCUT2D eigenvalue weighted by atomic mass is 10.5. The van der Waals surface area contributed by atoms with E-state index < -0.39 is 0 Å². The zero-order valence-corrected chi connectivity index (χ0v) is 8.51. The molecule has 0 saturated heterocycles. The number of hydrogen-bond donors (Lipinski definition) is 0. The third kappa shape index (κ3) is 4.19. The van der Waals surface area contributed by atoms with Crippen LogP contribution in [0.2, 0.25) is 0 Å². The fraction of sp³-hybridized carbons (Fsp3) is 0.500. The van der Waals surface area contributed by atoms with E-state index in [-0.39, 0.29) is 9.11 Å². The third-order valence-corrected chi connectivity index (χ3v) is 3.33. The Kier molecular flexibility index (Phi) is 5.91. The molecule has 0 bridgehead atoms. The van der Waals surface area contributed by atoms with E-state index in [1.165, 1.54) is 5.54 Å².